The molecule has 0 fully saturated rings. The summed E-state index contributed by atoms with van der Waals surface area (Å²) in [4.78, 5) is 4.21. The SMILES string of the molecule is CNCc1cn(-c2ccc(F)cc2)cn1. The first-order chi connectivity index (χ1) is 7.29. The highest BCUT2D eigenvalue weighted by atomic mass is 19.1. The summed E-state index contributed by atoms with van der Waals surface area (Å²) in [7, 11) is 1.87. The molecular weight excluding hydrogens is 193 g/mol. The van der Waals surface area contributed by atoms with E-state index < -0.39 is 0 Å². The summed E-state index contributed by atoms with van der Waals surface area (Å²) in [5, 5.41) is 3.02. The Labute approximate surface area is 87.6 Å². The molecule has 0 aliphatic carbocycles. The number of imidazole rings is 1. The van der Waals surface area contributed by atoms with Crippen molar-refractivity contribution in [3.8, 4) is 5.69 Å². The lowest BCUT2D eigenvalue weighted by molar-refractivity contribution is 0.627. The van der Waals surface area contributed by atoms with E-state index >= 15 is 0 Å². The summed E-state index contributed by atoms with van der Waals surface area (Å²) < 4.78 is 14.6. The normalized spacial score (nSPS) is 10.5. The van der Waals surface area contributed by atoms with E-state index in [1.54, 1.807) is 18.5 Å². The first-order valence-electron chi connectivity index (χ1n) is 4.73. The molecule has 0 bridgehead atoms. The molecule has 2 aromatic rings. The number of halogens is 1. The molecule has 0 radical (unpaired) electrons. The fourth-order valence-electron chi connectivity index (χ4n) is 1.39. The minimum atomic E-state index is -0.227. The second-order valence-electron chi connectivity index (χ2n) is 3.28. The van der Waals surface area contributed by atoms with Crippen molar-refractivity contribution >= 4 is 0 Å². The predicted octanol–water partition coefficient (Wildman–Crippen LogP) is 1.73. The molecule has 1 heterocycles. The highest BCUT2D eigenvalue weighted by Gasteiger charge is 1.99. The molecule has 0 atom stereocenters. The van der Waals surface area contributed by atoms with Gasteiger partial charge < -0.3 is 9.88 Å². The van der Waals surface area contributed by atoms with Gasteiger partial charge in [0.1, 0.15) is 5.82 Å². The summed E-state index contributed by atoms with van der Waals surface area (Å²) in [6.45, 7) is 0.730. The highest BCUT2D eigenvalue weighted by molar-refractivity contribution is 5.32. The van der Waals surface area contributed by atoms with Crippen LogP contribution in [0.1, 0.15) is 5.69 Å². The second kappa shape index (κ2) is 4.23. The van der Waals surface area contributed by atoms with Gasteiger partial charge >= 0.3 is 0 Å². The van der Waals surface area contributed by atoms with Gasteiger partial charge in [-0.3, -0.25) is 0 Å². The Bertz CT molecular complexity index is 433. The van der Waals surface area contributed by atoms with E-state index in [0.29, 0.717) is 0 Å². The van der Waals surface area contributed by atoms with Crippen LogP contribution in [0.25, 0.3) is 5.69 Å². The zero-order valence-corrected chi connectivity index (χ0v) is 8.44. The van der Waals surface area contributed by atoms with Crippen LogP contribution < -0.4 is 5.32 Å². The molecule has 4 heteroatoms. The summed E-state index contributed by atoms with van der Waals surface area (Å²) in [6.07, 6.45) is 3.64. The van der Waals surface area contributed by atoms with Gasteiger partial charge in [0, 0.05) is 18.4 Å². The third-order valence-corrected chi connectivity index (χ3v) is 2.12. The number of rotatable bonds is 3. The van der Waals surface area contributed by atoms with Gasteiger partial charge in [-0.25, -0.2) is 9.37 Å². The molecule has 15 heavy (non-hydrogen) atoms. The zero-order valence-electron chi connectivity index (χ0n) is 8.44. The molecule has 0 spiro atoms. The zero-order chi connectivity index (χ0) is 10.7. The van der Waals surface area contributed by atoms with E-state index in [1.165, 1.54) is 12.1 Å². The molecule has 0 saturated carbocycles. The van der Waals surface area contributed by atoms with Gasteiger partial charge in [0.15, 0.2) is 0 Å². The van der Waals surface area contributed by atoms with Crippen LogP contribution >= 0.6 is 0 Å². The topological polar surface area (TPSA) is 29.9 Å². The molecule has 3 nitrogen and oxygen atoms in total. The summed E-state index contributed by atoms with van der Waals surface area (Å²) in [6, 6.07) is 6.32. The maximum Gasteiger partial charge on any atom is 0.123 e. The number of nitrogens with zero attached hydrogens (tertiary/aromatic N) is 2. The molecule has 0 amide bonds. The standard InChI is InChI=1S/C11H12FN3/c1-13-6-10-7-15(8-14-10)11-4-2-9(12)3-5-11/h2-5,7-8,13H,6H2,1H3. The molecular formula is C11H12FN3. The first kappa shape index (κ1) is 9.86. The Morgan fingerprint density at radius 3 is 2.73 bits per heavy atom. The molecule has 2 rings (SSSR count). The van der Waals surface area contributed by atoms with E-state index in [2.05, 4.69) is 10.3 Å². The maximum absolute atomic E-state index is 12.7. The van der Waals surface area contributed by atoms with Crippen molar-refractivity contribution in [1.29, 1.82) is 0 Å². The number of hydrogen-bond donors (Lipinski definition) is 1. The molecule has 0 aliphatic heterocycles. The van der Waals surface area contributed by atoms with Crippen molar-refractivity contribution in [3.05, 3.63) is 48.3 Å². The Morgan fingerprint density at radius 1 is 1.33 bits per heavy atom. The molecule has 0 unspecified atom stereocenters. The summed E-state index contributed by atoms with van der Waals surface area (Å²) in [5.41, 5.74) is 1.87. The van der Waals surface area contributed by atoms with Crippen LogP contribution in [-0.2, 0) is 6.54 Å². The van der Waals surface area contributed by atoms with Gasteiger partial charge in [0.2, 0.25) is 0 Å². The van der Waals surface area contributed by atoms with Crippen LogP contribution in [0.5, 0.6) is 0 Å². The van der Waals surface area contributed by atoms with E-state index in [-0.39, 0.29) is 5.82 Å². The van der Waals surface area contributed by atoms with Gasteiger partial charge in [0.05, 0.1) is 12.0 Å². The van der Waals surface area contributed by atoms with Crippen LogP contribution in [0, 0.1) is 5.82 Å². The van der Waals surface area contributed by atoms with Crippen LogP contribution in [-0.4, -0.2) is 16.6 Å². The minimum Gasteiger partial charge on any atom is -0.314 e. The van der Waals surface area contributed by atoms with E-state index in [4.69, 9.17) is 0 Å². The number of aromatic nitrogens is 2. The van der Waals surface area contributed by atoms with Crippen molar-refractivity contribution in [2.24, 2.45) is 0 Å². The third kappa shape index (κ3) is 2.22. The average molecular weight is 205 g/mol. The van der Waals surface area contributed by atoms with E-state index in [0.717, 1.165) is 17.9 Å². The maximum atomic E-state index is 12.7. The molecule has 0 saturated heterocycles. The number of nitrogens with one attached hydrogen (secondary N) is 1. The van der Waals surface area contributed by atoms with Gasteiger partial charge in [-0.2, -0.15) is 0 Å². The third-order valence-electron chi connectivity index (χ3n) is 2.12. The Morgan fingerprint density at radius 2 is 2.07 bits per heavy atom. The van der Waals surface area contributed by atoms with Crippen molar-refractivity contribution < 1.29 is 4.39 Å². The molecule has 1 aromatic heterocycles. The minimum absolute atomic E-state index is 0.227. The smallest absolute Gasteiger partial charge is 0.123 e. The van der Waals surface area contributed by atoms with Gasteiger partial charge in [-0.1, -0.05) is 0 Å². The van der Waals surface area contributed by atoms with Crippen LogP contribution in [0.2, 0.25) is 0 Å². The second-order valence-corrected chi connectivity index (χ2v) is 3.28. The fraction of sp³-hybridized carbons (Fsp3) is 0.182. The monoisotopic (exact) mass is 205 g/mol. The Kier molecular flexibility index (Phi) is 2.78. The van der Waals surface area contributed by atoms with Crippen LogP contribution in [0.3, 0.4) is 0 Å². The van der Waals surface area contributed by atoms with Crippen molar-refractivity contribution in [1.82, 2.24) is 14.9 Å². The van der Waals surface area contributed by atoms with Crippen LogP contribution in [0.4, 0.5) is 4.39 Å². The van der Waals surface area contributed by atoms with E-state index in [9.17, 15) is 4.39 Å². The Hall–Kier alpha value is -1.68. The van der Waals surface area contributed by atoms with Crippen molar-refractivity contribution in [2.75, 3.05) is 7.05 Å². The lowest BCUT2D eigenvalue weighted by Crippen LogP contribution is -2.04. The lowest BCUT2D eigenvalue weighted by atomic mass is 10.3. The van der Waals surface area contributed by atoms with Crippen molar-refractivity contribution in [3.63, 3.8) is 0 Å². The van der Waals surface area contributed by atoms with Gasteiger partial charge in [0.25, 0.3) is 0 Å². The van der Waals surface area contributed by atoms with Gasteiger partial charge in [-0.15, -0.1) is 0 Å². The largest absolute Gasteiger partial charge is 0.314 e. The first-order valence-corrected chi connectivity index (χ1v) is 4.73. The lowest BCUT2D eigenvalue weighted by Gasteiger charge is -2.00. The summed E-state index contributed by atoms with van der Waals surface area (Å²) in [5.74, 6) is -0.227. The molecule has 78 valence electrons. The van der Waals surface area contributed by atoms with Crippen LogP contribution in [0.15, 0.2) is 36.8 Å². The molecule has 0 aliphatic rings. The Balaban J connectivity index is 2.25. The summed E-state index contributed by atoms with van der Waals surface area (Å²) >= 11 is 0. The molecule has 1 N–H and O–H groups in total. The van der Waals surface area contributed by atoms with E-state index in [1.807, 2.05) is 17.8 Å². The number of hydrogen-bond acceptors (Lipinski definition) is 2. The number of benzene rings is 1. The molecule has 1 aromatic carbocycles. The van der Waals surface area contributed by atoms with Gasteiger partial charge in [-0.05, 0) is 31.3 Å². The quantitative estimate of drug-likeness (QED) is 0.827. The fourth-order valence-corrected chi connectivity index (χ4v) is 1.39. The highest BCUT2D eigenvalue weighted by Crippen LogP contribution is 2.09. The average Bonchev–Trinajstić information content (AvgIpc) is 2.68. The predicted molar refractivity (Wildman–Crippen MR) is 56.3 cm³/mol. The van der Waals surface area contributed by atoms with Crippen molar-refractivity contribution in [2.45, 2.75) is 6.54 Å².